The molecule has 0 saturated heterocycles. The molecule has 0 heterocycles. The number of hydrogen-bond acceptors (Lipinski definition) is 1. The number of hydrogen-bond donors (Lipinski definition) is 1. The minimum atomic E-state index is -0.519. The molecule has 0 aliphatic heterocycles. The summed E-state index contributed by atoms with van der Waals surface area (Å²) in [5.74, 6) is -1.03. The summed E-state index contributed by atoms with van der Waals surface area (Å²) in [7, 11) is 0. The number of rotatable bonds is 4. The highest BCUT2D eigenvalue weighted by atomic mass is 127. The van der Waals surface area contributed by atoms with Gasteiger partial charge in [-0.15, -0.1) is 0 Å². The molecule has 1 N–H and O–H groups in total. The van der Waals surface area contributed by atoms with E-state index in [1.54, 1.807) is 13.0 Å². The fourth-order valence-corrected chi connectivity index (χ4v) is 2.61. The van der Waals surface area contributed by atoms with E-state index >= 15 is 0 Å². The van der Waals surface area contributed by atoms with Gasteiger partial charge in [0.15, 0.2) is 0 Å². The summed E-state index contributed by atoms with van der Waals surface area (Å²) < 4.78 is 28.8. The van der Waals surface area contributed by atoms with Crippen LogP contribution in [0, 0.1) is 22.1 Å². The first-order chi connectivity index (χ1) is 9.88. The molecular weight excluding hydrogens is 383 g/mol. The number of benzene rings is 2. The molecule has 2 aromatic rings. The molecular formula is C17H18F2IN. The molecule has 0 aliphatic rings. The topological polar surface area (TPSA) is 12.0 Å². The van der Waals surface area contributed by atoms with Crippen LogP contribution in [0.25, 0.3) is 0 Å². The summed E-state index contributed by atoms with van der Waals surface area (Å²) >= 11 is 2.23. The summed E-state index contributed by atoms with van der Waals surface area (Å²) in [6, 6.07) is 10.4. The molecule has 2 aromatic carbocycles. The Labute approximate surface area is 137 Å². The summed E-state index contributed by atoms with van der Waals surface area (Å²) in [4.78, 5) is 0. The Bertz CT molecular complexity index is 623. The molecule has 21 heavy (non-hydrogen) atoms. The van der Waals surface area contributed by atoms with Crippen LogP contribution in [0.15, 0.2) is 36.4 Å². The van der Waals surface area contributed by atoms with Crippen LogP contribution >= 0.6 is 22.6 Å². The molecule has 0 spiro atoms. The van der Waals surface area contributed by atoms with Crippen molar-refractivity contribution < 1.29 is 8.78 Å². The molecule has 4 heteroatoms. The minimum absolute atomic E-state index is 0.180. The van der Waals surface area contributed by atoms with Gasteiger partial charge in [-0.25, -0.2) is 8.78 Å². The first-order valence-electron chi connectivity index (χ1n) is 6.85. The maximum atomic E-state index is 14.2. The predicted octanol–water partition coefficient (Wildman–Crippen LogP) is 4.97. The van der Waals surface area contributed by atoms with Crippen LogP contribution in [-0.2, 0) is 0 Å². The van der Waals surface area contributed by atoms with E-state index in [4.69, 9.17) is 0 Å². The quantitative estimate of drug-likeness (QED) is 0.714. The van der Waals surface area contributed by atoms with E-state index in [-0.39, 0.29) is 12.1 Å². The highest BCUT2D eigenvalue weighted by Gasteiger charge is 2.20. The first-order valence-corrected chi connectivity index (χ1v) is 7.93. The van der Waals surface area contributed by atoms with Crippen LogP contribution in [-0.4, -0.2) is 6.04 Å². The van der Waals surface area contributed by atoms with Crippen molar-refractivity contribution in [3.8, 4) is 0 Å². The Hall–Kier alpha value is -1.01. The molecule has 112 valence electrons. The van der Waals surface area contributed by atoms with Gasteiger partial charge in [0.25, 0.3) is 0 Å². The lowest BCUT2D eigenvalue weighted by Gasteiger charge is -2.23. The monoisotopic (exact) mass is 401 g/mol. The molecule has 0 aliphatic carbocycles. The average molecular weight is 401 g/mol. The van der Waals surface area contributed by atoms with Crippen molar-refractivity contribution in [3.63, 3.8) is 0 Å². The highest BCUT2D eigenvalue weighted by Crippen LogP contribution is 2.27. The molecule has 0 fully saturated rings. The average Bonchev–Trinajstić information content (AvgIpc) is 2.41. The predicted molar refractivity (Wildman–Crippen MR) is 90.4 cm³/mol. The zero-order valence-electron chi connectivity index (χ0n) is 12.3. The first kappa shape index (κ1) is 16.4. The lowest BCUT2D eigenvalue weighted by atomic mass is 9.96. The van der Waals surface area contributed by atoms with Gasteiger partial charge in [0.2, 0.25) is 0 Å². The maximum absolute atomic E-state index is 14.2. The van der Waals surface area contributed by atoms with Crippen LogP contribution < -0.4 is 5.32 Å². The van der Waals surface area contributed by atoms with Crippen molar-refractivity contribution >= 4 is 22.6 Å². The standard InChI is InChI=1S/C17H18F2IN/c1-10(2)21-17(12-4-6-13(20)7-5-12)14-8-11(3)15(18)9-16(14)19/h4-10,17,21H,1-3H3. The van der Waals surface area contributed by atoms with Gasteiger partial charge in [-0.2, -0.15) is 0 Å². The van der Waals surface area contributed by atoms with Gasteiger partial charge < -0.3 is 5.32 Å². The number of halogens is 3. The fourth-order valence-electron chi connectivity index (χ4n) is 2.25. The molecule has 2 rings (SSSR count). The van der Waals surface area contributed by atoms with E-state index in [9.17, 15) is 8.78 Å². The van der Waals surface area contributed by atoms with E-state index in [2.05, 4.69) is 27.9 Å². The van der Waals surface area contributed by atoms with Crippen molar-refractivity contribution in [2.24, 2.45) is 0 Å². The molecule has 1 unspecified atom stereocenters. The Morgan fingerprint density at radius 3 is 2.19 bits per heavy atom. The SMILES string of the molecule is Cc1cc(C(NC(C)C)c2ccc(I)cc2)c(F)cc1F. The van der Waals surface area contributed by atoms with Crippen molar-refractivity contribution in [3.05, 3.63) is 68.3 Å². The smallest absolute Gasteiger partial charge is 0.131 e. The Morgan fingerprint density at radius 1 is 1.00 bits per heavy atom. The molecule has 0 bridgehead atoms. The number of nitrogens with one attached hydrogen (secondary N) is 1. The molecule has 1 atom stereocenters. The highest BCUT2D eigenvalue weighted by molar-refractivity contribution is 14.1. The molecule has 1 nitrogen and oxygen atoms in total. The van der Waals surface area contributed by atoms with Gasteiger partial charge in [0, 0.05) is 21.2 Å². The van der Waals surface area contributed by atoms with E-state index < -0.39 is 11.6 Å². The van der Waals surface area contributed by atoms with Crippen LogP contribution in [0.2, 0.25) is 0 Å². The Balaban J connectivity index is 2.50. The van der Waals surface area contributed by atoms with Gasteiger partial charge in [-0.05, 0) is 72.7 Å². The van der Waals surface area contributed by atoms with Crippen molar-refractivity contribution in [1.29, 1.82) is 0 Å². The van der Waals surface area contributed by atoms with Gasteiger partial charge >= 0.3 is 0 Å². The third kappa shape index (κ3) is 4.01. The minimum Gasteiger partial charge on any atom is -0.304 e. The van der Waals surface area contributed by atoms with Crippen LogP contribution in [0.5, 0.6) is 0 Å². The summed E-state index contributed by atoms with van der Waals surface area (Å²) in [5, 5.41) is 3.35. The van der Waals surface area contributed by atoms with Gasteiger partial charge in [-0.1, -0.05) is 12.1 Å². The van der Waals surface area contributed by atoms with Crippen LogP contribution in [0.3, 0.4) is 0 Å². The van der Waals surface area contributed by atoms with Crippen LogP contribution in [0.4, 0.5) is 8.78 Å². The van der Waals surface area contributed by atoms with Gasteiger partial charge in [0.05, 0.1) is 6.04 Å². The molecule has 0 saturated carbocycles. The van der Waals surface area contributed by atoms with E-state index in [0.29, 0.717) is 11.1 Å². The molecule has 0 amide bonds. The molecule has 0 aromatic heterocycles. The Morgan fingerprint density at radius 2 is 1.62 bits per heavy atom. The maximum Gasteiger partial charge on any atom is 0.131 e. The second-order valence-electron chi connectivity index (χ2n) is 5.43. The van der Waals surface area contributed by atoms with Crippen molar-refractivity contribution in [2.45, 2.75) is 32.9 Å². The van der Waals surface area contributed by atoms with Crippen LogP contribution in [0.1, 0.15) is 36.6 Å². The Kier molecular flexibility index (Phi) is 5.32. The third-order valence-electron chi connectivity index (χ3n) is 3.29. The summed E-state index contributed by atoms with van der Waals surface area (Å²) in [5.41, 5.74) is 1.89. The zero-order chi connectivity index (χ0) is 15.6. The number of aryl methyl sites for hydroxylation is 1. The summed E-state index contributed by atoms with van der Waals surface area (Å²) in [6.07, 6.45) is 0. The third-order valence-corrected chi connectivity index (χ3v) is 4.01. The van der Waals surface area contributed by atoms with E-state index in [1.165, 1.54) is 0 Å². The lowest BCUT2D eigenvalue weighted by molar-refractivity contribution is 0.496. The second kappa shape index (κ2) is 6.83. The summed E-state index contributed by atoms with van der Waals surface area (Å²) in [6.45, 7) is 5.67. The molecule has 0 radical (unpaired) electrons. The van der Waals surface area contributed by atoms with Gasteiger partial charge in [0.1, 0.15) is 11.6 Å². The normalized spacial score (nSPS) is 12.7. The van der Waals surface area contributed by atoms with E-state index in [1.807, 2.05) is 38.1 Å². The largest absolute Gasteiger partial charge is 0.304 e. The lowest BCUT2D eigenvalue weighted by Crippen LogP contribution is -2.29. The van der Waals surface area contributed by atoms with Crippen molar-refractivity contribution in [2.75, 3.05) is 0 Å². The van der Waals surface area contributed by atoms with Crippen molar-refractivity contribution in [1.82, 2.24) is 5.32 Å². The zero-order valence-corrected chi connectivity index (χ0v) is 14.4. The van der Waals surface area contributed by atoms with Gasteiger partial charge in [-0.3, -0.25) is 0 Å². The second-order valence-corrected chi connectivity index (χ2v) is 6.67. The fraction of sp³-hybridized carbons (Fsp3) is 0.294. The van der Waals surface area contributed by atoms with E-state index in [0.717, 1.165) is 15.2 Å².